The molecule has 1 rings (SSSR count). The van der Waals surface area contributed by atoms with Gasteiger partial charge in [0, 0.05) is 0 Å². The lowest BCUT2D eigenvalue weighted by molar-refractivity contribution is -0.135. The Bertz CT molecular complexity index is 430. The Kier molecular flexibility index (Phi) is 3.95. The average molecular weight is 264 g/mol. The first-order valence-corrected chi connectivity index (χ1v) is 5.03. The number of benzene rings is 1. The minimum atomic E-state index is -4.48. The molecule has 0 aliphatic heterocycles. The summed E-state index contributed by atoms with van der Waals surface area (Å²) in [5.74, 6) is -1.53. The van der Waals surface area contributed by atoms with Gasteiger partial charge in [0.05, 0.1) is 6.54 Å². The first kappa shape index (κ1) is 14.4. The predicted molar refractivity (Wildman–Crippen MR) is 57.0 cm³/mol. The van der Waals surface area contributed by atoms with Gasteiger partial charge in [-0.25, -0.2) is 4.39 Å². The summed E-state index contributed by atoms with van der Waals surface area (Å²) in [5, 5.41) is 2.05. The maximum atomic E-state index is 12.7. The van der Waals surface area contributed by atoms with E-state index in [2.05, 4.69) is 0 Å². The molecule has 0 aliphatic rings. The van der Waals surface area contributed by atoms with Crippen LogP contribution in [0.25, 0.3) is 0 Å². The highest BCUT2D eigenvalue weighted by Crippen LogP contribution is 2.23. The number of halogens is 4. The van der Waals surface area contributed by atoms with E-state index in [9.17, 15) is 22.4 Å². The summed E-state index contributed by atoms with van der Waals surface area (Å²) in [6.45, 7) is -0.155. The molecule has 0 radical (unpaired) electrons. The van der Waals surface area contributed by atoms with Crippen LogP contribution in [0.5, 0.6) is 0 Å². The lowest BCUT2D eigenvalue weighted by atomic mass is 9.91. The van der Waals surface area contributed by atoms with Crippen LogP contribution < -0.4 is 11.1 Å². The molecule has 18 heavy (non-hydrogen) atoms. The number of amides is 1. The molecule has 100 valence electrons. The standard InChI is InChI=1S/C11H12F4N2O/c1-10(9(16)18,17-6-11(13,14)15)7-2-4-8(12)5-3-7/h2-5,17H,6H2,1H3,(H2,16,18). The number of alkyl halides is 3. The zero-order valence-electron chi connectivity index (χ0n) is 9.51. The fraction of sp³-hybridized carbons (Fsp3) is 0.364. The second kappa shape index (κ2) is 4.93. The number of nitrogens with two attached hydrogens (primary N) is 1. The van der Waals surface area contributed by atoms with Crippen molar-refractivity contribution in [1.82, 2.24) is 5.32 Å². The number of hydrogen-bond donors (Lipinski definition) is 2. The van der Waals surface area contributed by atoms with Gasteiger partial charge < -0.3 is 5.73 Å². The van der Waals surface area contributed by atoms with Crippen LogP contribution >= 0.6 is 0 Å². The maximum absolute atomic E-state index is 12.7. The van der Waals surface area contributed by atoms with Gasteiger partial charge >= 0.3 is 6.18 Å². The van der Waals surface area contributed by atoms with E-state index in [4.69, 9.17) is 5.73 Å². The Hall–Kier alpha value is -1.63. The molecule has 1 aromatic carbocycles. The first-order valence-electron chi connectivity index (χ1n) is 5.03. The zero-order valence-corrected chi connectivity index (χ0v) is 9.51. The van der Waals surface area contributed by atoms with Crippen molar-refractivity contribution in [2.75, 3.05) is 6.54 Å². The van der Waals surface area contributed by atoms with Crippen molar-refractivity contribution < 1.29 is 22.4 Å². The van der Waals surface area contributed by atoms with Crippen molar-refractivity contribution in [2.24, 2.45) is 5.73 Å². The van der Waals surface area contributed by atoms with Crippen molar-refractivity contribution in [1.29, 1.82) is 0 Å². The Labute approximate surface area is 101 Å². The van der Waals surface area contributed by atoms with Gasteiger partial charge in [0.25, 0.3) is 0 Å². The minimum Gasteiger partial charge on any atom is -0.368 e. The number of carbonyl (C=O) groups is 1. The quantitative estimate of drug-likeness (QED) is 0.813. The van der Waals surface area contributed by atoms with Crippen molar-refractivity contribution in [3.05, 3.63) is 35.6 Å². The summed E-state index contributed by atoms with van der Waals surface area (Å²) in [4.78, 5) is 11.3. The third-order valence-corrected chi connectivity index (χ3v) is 2.56. The van der Waals surface area contributed by atoms with Crippen molar-refractivity contribution >= 4 is 5.91 Å². The molecule has 0 fully saturated rings. The van der Waals surface area contributed by atoms with Crippen LogP contribution in [0.2, 0.25) is 0 Å². The van der Waals surface area contributed by atoms with Crippen LogP contribution in [-0.4, -0.2) is 18.6 Å². The summed E-state index contributed by atoms with van der Waals surface area (Å²) < 4.78 is 49.2. The predicted octanol–water partition coefficient (Wildman–Crippen LogP) is 1.68. The number of hydrogen-bond acceptors (Lipinski definition) is 2. The zero-order chi connectivity index (χ0) is 14.0. The van der Waals surface area contributed by atoms with Gasteiger partial charge in [0.15, 0.2) is 0 Å². The Balaban J connectivity index is 3.00. The molecule has 3 N–H and O–H groups in total. The highest BCUT2D eigenvalue weighted by molar-refractivity contribution is 5.85. The number of rotatable bonds is 4. The summed E-state index contributed by atoms with van der Waals surface area (Å²) in [5.41, 5.74) is 3.57. The van der Waals surface area contributed by atoms with Gasteiger partial charge in [-0.3, -0.25) is 10.1 Å². The molecule has 0 spiro atoms. The van der Waals surface area contributed by atoms with Crippen LogP contribution in [0, 0.1) is 5.82 Å². The Morgan fingerprint density at radius 3 is 2.17 bits per heavy atom. The molecule has 0 saturated carbocycles. The molecule has 0 saturated heterocycles. The molecule has 1 unspecified atom stereocenters. The second-order valence-corrected chi connectivity index (χ2v) is 3.96. The lowest BCUT2D eigenvalue weighted by Crippen LogP contribution is -2.53. The average Bonchev–Trinajstić information content (AvgIpc) is 2.25. The van der Waals surface area contributed by atoms with E-state index in [0.717, 1.165) is 12.1 Å². The van der Waals surface area contributed by atoms with E-state index < -0.39 is 30.0 Å². The molecule has 1 amide bonds. The largest absolute Gasteiger partial charge is 0.401 e. The van der Waals surface area contributed by atoms with Crippen LogP contribution in [0.3, 0.4) is 0 Å². The highest BCUT2D eigenvalue weighted by atomic mass is 19.4. The third kappa shape index (κ3) is 3.43. The van der Waals surface area contributed by atoms with E-state index in [1.165, 1.54) is 19.1 Å². The van der Waals surface area contributed by atoms with Crippen LogP contribution in [0.4, 0.5) is 17.6 Å². The molecule has 7 heteroatoms. The van der Waals surface area contributed by atoms with Gasteiger partial charge in [-0.05, 0) is 24.6 Å². The minimum absolute atomic E-state index is 0.167. The third-order valence-electron chi connectivity index (χ3n) is 2.56. The number of nitrogens with one attached hydrogen (secondary N) is 1. The Morgan fingerprint density at radius 2 is 1.78 bits per heavy atom. The fourth-order valence-corrected chi connectivity index (χ4v) is 1.39. The van der Waals surface area contributed by atoms with Crippen LogP contribution in [0.1, 0.15) is 12.5 Å². The monoisotopic (exact) mass is 264 g/mol. The fourth-order valence-electron chi connectivity index (χ4n) is 1.39. The molecule has 0 aliphatic carbocycles. The van der Waals surface area contributed by atoms with Gasteiger partial charge in [-0.15, -0.1) is 0 Å². The SMILES string of the molecule is CC(NCC(F)(F)F)(C(N)=O)c1ccc(F)cc1. The van der Waals surface area contributed by atoms with Crippen LogP contribution in [-0.2, 0) is 10.3 Å². The van der Waals surface area contributed by atoms with Gasteiger partial charge in [0.1, 0.15) is 11.4 Å². The summed E-state index contributed by atoms with van der Waals surface area (Å²) in [6.07, 6.45) is -4.48. The molecule has 0 heterocycles. The number of carbonyl (C=O) groups excluding carboxylic acids is 1. The summed E-state index contributed by atoms with van der Waals surface area (Å²) in [7, 11) is 0. The first-order chi connectivity index (χ1) is 8.15. The molecule has 0 aromatic heterocycles. The second-order valence-electron chi connectivity index (χ2n) is 3.96. The van der Waals surface area contributed by atoms with Crippen molar-refractivity contribution in [2.45, 2.75) is 18.6 Å². The van der Waals surface area contributed by atoms with Gasteiger partial charge in [-0.2, -0.15) is 13.2 Å². The maximum Gasteiger partial charge on any atom is 0.401 e. The normalized spacial score (nSPS) is 15.2. The molecular weight excluding hydrogens is 252 g/mol. The van der Waals surface area contributed by atoms with E-state index >= 15 is 0 Å². The molecule has 1 aromatic rings. The Morgan fingerprint density at radius 1 is 1.28 bits per heavy atom. The highest BCUT2D eigenvalue weighted by Gasteiger charge is 2.37. The van der Waals surface area contributed by atoms with Crippen molar-refractivity contribution in [3.8, 4) is 0 Å². The molecule has 3 nitrogen and oxygen atoms in total. The van der Waals surface area contributed by atoms with E-state index in [0.29, 0.717) is 0 Å². The van der Waals surface area contributed by atoms with E-state index in [-0.39, 0.29) is 5.56 Å². The number of primary amides is 1. The van der Waals surface area contributed by atoms with E-state index in [1.54, 1.807) is 0 Å². The summed E-state index contributed by atoms with van der Waals surface area (Å²) >= 11 is 0. The lowest BCUT2D eigenvalue weighted by Gasteiger charge is -2.28. The summed E-state index contributed by atoms with van der Waals surface area (Å²) in [6, 6.07) is 4.52. The van der Waals surface area contributed by atoms with Crippen molar-refractivity contribution in [3.63, 3.8) is 0 Å². The van der Waals surface area contributed by atoms with Gasteiger partial charge in [0.2, 0.25) is 5.91 Å². The molecule has 0 bridgehead atoms. The van der Waals surface area contributed by atoms with Gasteiger partial charge in [-0.1, -0.05) is 12.1 Å². The van der Waals surface area contributed by atoms with E-state index in [1.807, 2.05) is 5.32 Å². The topological polar surface area (TPSA) is 55.1 Å². The molecule has 1 atom stereocenters. The molecular formula is C11H12F4N2O. The van der Waals surface area contributed by atoms with Crippen LogP contribution in [0.15, 0.2) is 24.3 Å². The smallest absolute Gasteiger partial charge is 0.368 e.